The third-order valence-electron chi connectivity index (χ3n) is 2.40. The first-order chi connectivity index (χ1) is 9.40. The standard InChI is InChI=1S/C12H7F3N2O2S/c13-7-3-5(4-8(14)9(7)15)11(19)17-12-6(10(16)18)1-2-20-12/h1-4H,(H2,16,18)(H,17,19). The summed E-state index contributed by atoms with van der Waals surface area (Å²) in [6.45, 7) is 0. The minimum absolute atomic E-state index is 0.0754. The third-order valence-corrected chi connectivity index (χ3v) is 3.23. The van der Waals surface area contributed by atoms with E-state index in [0.717, 1.165) is 11.3 Å². The minimum Gasteiger partial charge on any atom is -0.366 e. The molecule has 2 amide bonds. The van der Waals surface area contributed by atoms with Gasteiger partial charge in [-0.3, -0.25) is 9.59 Å². The molecule has 0 saturated carbocycles. The Labute approximate surface area is 115 Å². The van der Waals surface area contributed by atoms with E-state index in [1.807, 2.05) is 0 Å². The molecule has 0 bridgehead atoms. The number of rotatable bonds is 3. The molecule has 0 aliphatic heterocycles. The summed E-state index contributed by atoms with van der Waals surface area (Å²) in [5.74, 6) is -6.24. The molecule has 0 aliphatic carbocycles. The van der Waals surface area contributed by atoms with Crippen molar-refractivity contribution in [2.45, 2.75) is 0 Å². The number of nitrogens with one attached hydrogen (secondary N) is 1. The lowest BCUT2D eigenvalue weighted by Gasteiger charge is -2.05. The van der Waals surface area contributed by atoms with Gasteiger partial charge in [-0.25, -0.2) is 13.2 Å². The topological polar surface area (TPSA) is 72.2 Å². The predicted molar refractivity (Wildman–Crippen MR) is 67.1 cm³/mol. The van der Waals surface area contributed by atoms with Crippen LogP contribution in [0.15, 0.2) is 23.6 Å². The highest BCUT2D eigenvalue weighted by molar-refractivity contribution is 7.14. The monoisotopic (exact) mass is 300 g/mol. The number of halogens is 3. The largest absolute Gasteiger partial charge is 0.366 e. The van der Waals surface area contributed by atoms with Crippen LogP contribution in [-0.2, 0) is 0 Å². The molecule has 0 radical (unpaired) electrons. The summed E-state index contributed by atoms with van der Waals surface area (Å²) in [6, 6.07) is 2.52. The maximum Gasteiger partial charge on any atom is 0.256 e. The molecule has 1 heterocycles. The van der Waals surface area contributed by atoms with E-state index in [4.69, 9.17) is 5.73 Å². The summed E-state index contributed by atoms with van der Waals surface area (Å²) in [7, 11) is 0. The van der Waals surface area contributed by atoms with Gasteiger partial charge in [-0.15, -0.1) is 11.3 Å². The number of thiophene rings is 1. The van der Waals surface area contributed by atoms with Crippen LogP contribution in [-0.4, -0.2) is 11.8 Å². The van der Waals surface area contributed by atoms with Gasteiger partial charge in [0, 0.05) is 5.56 Å². The number of hydrogen-bond acceptors (Lipinski definition) is 3. The van der Waals surface area contributed by atoms with E-state index < -0.39 is 34.8 Å². The van der Waals surface area contributed by atoms with Crippen molar-refractivity contribution in [1.29, 1.82) is 0 Å². The fourth-order valence-corrected chi connectivity index (χ4v) is 2.25. The quantitative estimate of drug-likeness (QED) is 0.855. The number of hydrogen-bond donors (Lipinski definition) is 2. The Morgan fingerprint density at radius 1 is 1.15 bits per heavy atom. The fraction of sp³-hybridized carbons (Fsp3) is 0. The number of nitrogens with two attached hydrogens (primary N) is 1. The van der Waals surface area contributed by atoms with Crippen LogP contribution >= 0.6 is 11.3 Å². The number of carbonyl (C=O) groups is 2. The average molecular weight is 300 g/mol. The molecule has 1 aromatic heterocycles. The number of benzene rings is 1. The van der Waals surface area contributed by atoms with E-state index in [9.17, 15) is 22.8 Å². The van der Waals surface area contributed by atoms with Crippen LogP contribution in [0.25, 0.3) is 0 Å². The van der Waals surface area contributed by atoms with Gasteiger partial charge in [0.25, 0.3) is 11.8 Å². The fourth-order valence-electron chi connectivity index (χ4n) is 1.46. The molecule has 0 saturated heterocycles. The van der Waals surface area contributed by atoms with Gasteiger partial charge in [0.2, 0.25) is 0 Å². The normalized spacial score (nSPS) is 10.3. The van der Waals surface area contributed by atoms with Gasteiger partial charge in [-0.2, -0.15) is 0 Å². The highest BCUT2D eigenvalue weighted by Crippen LogP contribution is 2.24. The SMILES string of the molecule is NC(=O)c1ccsc1NC(=O)c1cc(F)c(F)c(F)c1. The van der Waals surface area contributed by atoms with Crippen molar-refractivity contribution >= 4 is 28.2 Å². The van der Waals surface area contributed by atoms with Gasteiger partial charge in [0.1, 0.15) is 5.00 Å². The van der Waals surface area contributed by atoms with Crippen molar-refractivity contribution in [2.75, 3.05) is 5.32 Å². The zero-order valence-corrected chi connectivity index (χ0v) is 10.6. The third kappa shape index (κ3) is 2.64. The smallest absolute Gasteiger partial charge is 0.256 e. The number of carbonyl (C=O) groups excluding carboxylic acids is 2. The molecule has 2 aromatic rings. The zero-order chi connectivity index (χ0) is 14.9. The molecule has 8 heteroatoms. The summed E-state index contributed by atoms with van der Waals surface area (Å²) < 4.78 is 38.8. The lowest BCUT2D eigenvalue weighted by atomic mass is 10.2. The second-order valence-corrected chi connectivity index (χ2v) is 4.65. The van der Waals surface area contributed by atoms with Crippen molar-refractivity contribution in [2.24, 2.45) is 5.73 Å². The Morgan fingerprint density at radius 2 is 1.75 bits per heavy atom. The number of primary amides is 1. The average Bonchev–Trinajstić information content (AvgIpc) is 2.83. The molecule has 104 valence electrons. The summed E-state index contributed by atoms with van der Waals surface area (Å²) in [4.78, 5) is 22.9. The summed E-state index contributed by atoms with van der Waals surface area (Å²) >= 11 is 1.02. The molecule has 4 nitrogen and oxygen atoms in total. The van der Waals surface area contributed by atoms with E-state index in [0.29, 0.717) is 12.1 Å². The maximum atomic E-state index is 13.0. The molecule has 0 aliphatic rings. The molecular formula is C12H7F3N2O2S. The van der Waals surface area contributed by atoms with E-state index in [2.05, 4.69) is 5.32 Å². The van der Waals surface area contributed by atoms with E-state index in [-0.39, 0.29) is 10.6 Å². The van der Waals surface area contributed by atoms with Crippen molar-refractivity contribution in [3.8, 4) is 0 Å². The molecule has 20 heavy (non-hydrogen) atoms. The van der Waals surface area contributed by atoms with Crippen LogP contribution < -0.4 is 11.1 Å². The summed E-state index contributed by atoms with van der Waals surface area (Å²) in [5.41, 5.74) is 4.75. The summed E-state index contributed by atoms with van der Waals surface area (Å²) in [6.07, 6.45) is 0. The first kappa shape index (κ1) is 14.1. The Balaban J connectivity index is 2.29. The Morgan fingerprint density at radius 3 is 2.30 bits per heavy atom. The highest BCUT2D eigenvalue weighted by atomic mass is 32.1. The first-order valence-electron chi connectivity index (χ1n) is 5.23. The van der Waals surface area contributed by atoms with Gasteiger partial charge < -0.3 is 11.1 Å². The number of amides is 2. The molecule has 0 spiro atoms. The van der Waals surface area contributed by atoms with Gasteiger partial charge in [0.05, 0.1) is 5.56 Å². The van der Waals surface area contributed by atoms with Crippen molar-refractivity contribution in [3.05, 3.63) is 52.2 Å². The lowest BCUT2D eigenvalue weighted by molar-refractivity contribution is 0.100. The molecule has 2 rings (SSSR count). The van der Waals surface area contributed by atoms with E-state index >= 15 is 0 Å². The Kier molecular flexibility index (Phi) is 3.75. The van der Waals surface area contributed by atoms with Gasteiger partial charge in [-0.1, -0.05) is 0 Å². The number of anilines is 1. The van der Waals surface area contributed by atoms with Crippen LogP contribution in [0.5, 0.6) is 0 Å². The molecule has 0 atom stereocenters. The van der Waals surface area contributed by atoms with Crippen LogP contribution in [0.4, 0.5) is 18.2 Å². The summed E-state index contributed by atoms with van der Waals surface area (Å²) in [5, 5.41) is 3.95. The molecular weight excluding hydrogens is 293 g/mol. The maximum absolute atomic E-state index is 13.0. The van der Waals surface area contributed by atoms with Crippen LogP contribution in [0, 0.1) is 17.5 Å². The molecule has 1 aromatic carbocycles. The highest BCUT2D eigenvalue weighted by Gasteiger charge is 2.17. The molecule has 3 N–H and O–H groups in total. The van der Waals surface area contributed by atoms with Crippen molar-refractivity contribution < 1.29 is 22.8 Å². The van der Waals surface area contributed by atoms with Crippen LogP contribution in [0.1, 0.15) is 20.7 Å². The first-order valence-corrected chi connectivity index (χ1v) is 6.11. The second kappa shape index (κ2) is 5.33. The Bertz CT molecular complexity index is 677. The van der Waals surface area contributed by atoms with E-state index in [1.165, 1.54) is 11.4 Å². The molecule has 0 fully saturated rings. The zero-order valence-electron chi connectivity index (χ0n) is 9.75. The lowest BCUT2D eigenvalue weighted by Crippen LogP contribution is -2.17. The van der Waals surface area contributed by atoms with Crippen molar-refractivity contribution in [1.82, 2.24) is 0 Å². The van der Waals surface area contributed by atoms with E-state index in [1.54, 1.807) is 0 Å². The second-order valence-electron chi connectivity index (χ2n) is 3.74. The van der Waals surface area contributed by atoms with Gasteiger partial charge in [-0.05, 0) is 23.6 Å². The predicted octanol–water partition coefficient (Wildman–Crippen LogP) is 2.52. The molecule has 0 unspecified atom stereocenters. The minimum atomic E-state index is -1.66. The van der Waals surface area contributed by atoms with Crippen LogP contribution in [0.3, 0.4) is 0 Å². The van der Waals surface area contributed by atoms with Gasteiger partial charge >= 0.3 is 0 Å². The van der Waals surface area contributed by atoms with Crippen LogP contribution in [0.2, 0.25) is 0 Å². The Hall–Kier alpha value is -2.35. The van der Waals surface area contributed by atoms with Crippen molar-refractivity contribution in [3.63, 3.8) is 0 Å². The van der Waals surface area contributed by atoms with Gasteiger partial charge in [0.15, 0.2) is 17.5 Å².